The third kappa shape index (κ3) is 2.76. The molecule has 4 nitrogen and oxygen atoms in total. The van der Waals surface area contributed by atoms with E-state index in [2.05, 4.69) is 0 Å². The SMILES string of the molecule is NCC(=O)OCc1ccccc1O. The smallest absolute Gasteiger partial charge is 0.320 e. The van der Waals surface area contributed by atoms with Crippen LogP contribution < -0.4 is 5.73 Å². The Hall–Kier alpha value is -1.55. The summed E-state index contributed by atoms with van der Waals surface area (Å²) < 4.78 is 4.73. The Labute approximate surface area is 75.9 Å². The van der Waals surface area contributed by atoms with Crippen LogP contribution in [0.4, 0.5) is 0 Å². The molecule has 1 rings (SSSR count). The summed E-state index contributed by atoms with van der Waals surface area (Å²) in [6.45, 7) is -0.0870. The molecule has 0 heterocycles. The number of rotatable bonds is 3. The number of phenols is 1. The van der Waals surface area contributed by atoms with E-state index >= 15 is 0 Å². The van der Waals surface area contributed by atoms with Crippen LogP contribution in [-0.2, 0) is 16.1 Å². The van der Waals surface area contributed by atoms with Gasteiger partial charge in [-0.3, -0.25) is 4.79 Å². The molecular formula is C9H11NO3. The zero-order valence-corrected chi connectivity index (χ0v) is 7.06. The number of carbonyl (C=O) groups excluding carboxylic acids is 1. The molecule has 0 aliphatic rings. The molecule has 13 heavy (non-hydrogen) atoms. The number of carbonyl (C=O) groups is 1. The highest BCUT2D eigenvalue weighted by atomic mass is 16.5. The second-order valence-electron chi connectivity index (χ2n) is 2.49. The number of benzene rings is 1. The number of hydrogen-bond donors (Lipinski definition) is 2. The van der Waals surface area contributed by atoms with Crippen molar-refractivity contribution in [1.82, 2.24) is 0 Å². The van der Waals surface area contributed by atoms with E-state index in [4.69, 9.17) is 10.5 Å². The van der Waals surface area contributed by atoms with Crippen molar-refractivity contribution in [3.05, 3.63) is 29.8 Å². The third-order valence-corrected chi connectivity index (χ3v) is 1.55. The first-order chi connectivity index (χ1) is 6.24. The molecule has 70 valence electrons. The molecule has 0 fully saturated rings. The third-order valence-electron chi connectivity index (χ3n) is 1.55. The van der Waals surface area contributed by atoms with Gasteiger partial charge in [0.15, 0.2) is 0 Å². The van der Waals surface area contributed by atoms with E-state index in [1.54, 1.807) is 18.2 Å². The molecule has 1 aromatic carbocycles. The summed E-state index contributed by atoms with van der Waals surface area (Å²) in [6, 6.07) is 6.67. The van der Waals surface area contributed by atoms with Crippen molar-refractivity contribution in [2.45, 2.75) is 6.61 Å². The van der Waals surface area contributed by atoms with E-state index in [1.165, 1.54) is 6.07 Å². The minimum atomic E-state index is -0.483. The van der Waals surface area contributed by atoms with Gasteiger partial charge in [-0.15, -0.1) is 0 Å². The summed E-state index contributed by atoms with van der Waals surface area (Å²) in [5, 5.41) is 9.27. The molecule has 0 saturated carbocycles. The first-order valence-corrected chi connectivity index (χ1v) is 3.86. The molecule has 0 saturated heterocycles. The largest absolute Gasteiger partial charge is 0.508 e. The normalized spacial score (nSPS) is 9.62. The molecule has 0 atom stereocenters. The number of phenolic OH excluding ortho intramolecular Hbond substituents is 1. The fourth-order valence-corrected chi connectivity index (χ4v) is 0.850. The summed E-state index contributed by atoms with van der Waals surface area (Å²) in [5.41, 5.74) is 5.61. The molecule has 0 radical (unpaired) electrons. The summed E-state index contributed by atoms with van der Waals surface area (Å²) in [6.07, 6.45) is 0. The fraction of sp³-hybridized carbons (Fsp3) is 0.222. The average molecular weight is 181 g/mol. The van der Waals surface area contributed by atoms with Crippen LogP contribution in [0, 0.1) is 0 Å². The van der Waals surface area contributed by atoms with Crippen molar-refractivity contribution in [2.24, 2.45) is 5.73 Å². The number of para-hydroxylation sites is 1. The van der Waals surface area contributed by atoms with Crippen LogP contribution in [-0.4, -0.2) is 17.6 Å². The van der Waals surface area contributed by atoms with Crippen LogP contribution >= 0.6 is 0 Å². The lowest BCUT2D eigenvalue weighted by atomic mass is 10.2. The van der Waals surface area contributed by atoms with Crippen LogP contribution in [0.2, 0.25) is 0 Å². The minimum absolute atomic E-state index is 0.0582. The maximum atomic E-state index is 10.7. The highest BCUT2D eigenvalue weighted by Crippen LogP contribution is 2.16. The van der Waals surface area contributed by atoms with Gasteiger partial charge >= 0.3 is 5.97 Å². The van der Waals surface area contributed by atoms with Crippen LogP contribution in [0.3, 0.4) is 0 Å². The van der Waals surface area contributed by atoms with E-state index in [1.807, 2.05) is 0 Å². The zero-order chi connectivity index (χ0) is 9.68. The lowest BCUT2D eigenvalue weighted by Gasteiger charge is -2.04. The number of ether oxygens (including phenoxy) is 1. The van der Waals surface area contributed by atoms with Gasteiger partial charge in [0.25, 0.3) is 0 Å². The highest BCUT2D eigenvalue weighted by Gasteiger charge is 2.02. The second kappa shape index (κ2) is 4.47. The van der Waals surface area contributed by atoms with Gasteiger partial charge in [0, 0.05) is 5.56 Å². The lowest BCUT2D eigenvalue weighted by Crippen LogP contribution is -2.16. The molecule has 4 heteroatoms. The maximum Gasteiger partial charge on any atom is 0.320 e. The Kier molecular flexibility index (Phi) is 3.28. The number of nitrogens with two attached hydrogens (primary N) is 1. The standard InChI is InChI=1S/C9H11NO3/c10-5-9(12)13-6-7-3-1-2-4-8(7)11/h1-4,11H,5-6,10H2. The molecule has 0 unspecified atom stereocenters. The van der Waals surface area contributed by atoms with Crippen LogP contribution in [0.5, 0.6) is 5.75 Å². The van der Waals surface area contributed by atoms with Crippen molar-refractivity contribution in [1.29, 1.82) is 0 Å². The minimum Gasteiger partial charge on any atom is -0.508 e. The molecule has 0 aromatic heterocycles. The topological polar surface area (TPSA) is 72.6 Å². The van der Waals surface area contributed by atoms with E-state index in [9.17, 15) is 9.90 Å². The first kappa shape index (κ1) is 9.54. The van der Waals surface area contributed by atoms with Crippen molar-refractivity contribution in [3.8, 4) is 5.75 Å². The van der Waals surface area contributed by atoms with Crippen LogP contribution in [0.1, 0.15) is 5.56 Å². The van der Waals surface area contributed by atoms with Crippen LogP contribution in [0.15, 0.2) is 24.3 Å². The Morgan fingerprint density at radius 3 is 2.77 bits per heavy atom. The molecule has 0 spiro atoms. The first-order valence-electron chi connectivity index (χ1n) is 3.86. The molecule has 1 aromatic rings. The molecule has 0 amide bonds. The van der Waals surface area contributed by atoms with Gasteiger partial charge in [0.05, 0.1) is 6.54 Å². The van der Waals surface area contributed by atoms with E-state index in [0.29, 0.717) is 5.56 Å². The van der Waals surface area contributed by atoms with Gasteiger partial charge in [-0.1, -0.05) is 18.2 Å². The van der Waals surface area contributed by atoms with Gasteiger partial charge in [0.1, 0.15) is 12.4 Å². The predicted molar refractivity (Wildman–Crippen MR) is 47.0 cm³/mol. The Morgan fingerprint density at radius 2 is 2.15 bits per heavy atom. The predicted octanol–water partition coefficient (Wildman–Crippen LogP) is 0.394. The second-order valence-corrected chi connectivity index (χ2v) is 2.49. The number of esters is 1. The van der Waals surface area contributed by atoms with E-state index < -0.39 is 5.97 Å². The molecular weight excluding hydrogens is 170 g/mol. The van der Waals surface area contributed by atoms with E-state index in [0.717, 1.165) is 0 Å². The maximum absolute atomic E-state index is 10.7. The summed E-state index contributed by atoms with van der Waals surface area (Å²) >= 11 is 0. The van der Waals surface area contributed by atoms with Gasteiger partial charge in [-0.05, 0) is 6.07 Å². The Balaban J connectivity index is 2.54. The molecule has 0 bridgehead atoms. The van der Waals surface area contributed by atoms with Crippen LogP contribution in [0.25, 0.3) is 0 Å². The Bertz CT molecular complexity index is 299. The number of hydrogen-bond acceptors (Lipinski definition) is 4. The zero-order valence-electron chi connectivity index (χ0n) is 7.06. The summed E-state index contributed by atoms with van der Waals surface area (Å²) in [7, 11) is 0. The average Bonchev–Trinajstić information content (AvgIpc) is 2.16. The Morgan fingerprint density at radius 1 is 1.46 bits per heavy atom. The number of aromatic hydroxyl groups is 1. The van der Waals surface area contributed by atoms with Gasteiger partial charge in [-0.2, -0.15) is 0 Å². The summed E-state index contributed by atoms with van der Waals surface area (Å²) in [5.74, 6) is -0.365. The quantitative estimate of drug-likeness (QED) is 0.662. The van der Waals surface area contributed by atoms with E-state index in [-0.39, 0.29) is 18.9 Å². The molecule has 0 aliphatic carbocycles. The fourth-order valence-electron chi connectivity index (χ4n) is 0.850. The monoisotopic (exact) mass is 181 g/mol. The van der Waals surface area contributed by atoms with Gasteiger partial charge in [-0.25, -0.2) is 0 Å². The lowest BCUT2D eigenvalue weighted by molar-refractivity contribution is -0.143. The van der Waals surface area contributed by atoms with Gasteiger partial charge < -0.3 is 15.6 Å². The molecule has 3 N–H and O–H groups in total. The van der Waals surface area contributed by atoms with Crippen molar-refractivity contribution < 1.29 is 14.6 Å². The summed E-state index contributed by atoms with van der Waals surface area (Å²) in [4.78, 5) is 10.7. The van der Waals surface area contributed by atoms with Crippen molar-refractivity contribution in [3.63, 3.8) is 0 Å². The van der Waals surface area contributed by atoms with Crippen molar-refractivity contribution in [2.75, 3.05) is 6.54 Å². The van der Waals surface area contributed by atoms with Gasteiger partial charge in [0.2, 0.25) is 0 Å². The highest BCUT2D eigenvalue weighted by molar-refractivity contribution is 5.71. The molecule has 0 aliphatic heterocycles. The van der Waals surface area contributed by atoms with Crippen molar-refractivity contribution >= 4 is 5.97 Å².